The highest BCUT2D eigenvalue weighted by atomic mass is 32.1. The summed E-state index contributed by atoms with van der Waals surface area (Å²) < 4.78 is 0. The monoisotopic (exact) mass is 457 g/mol. The molecule has 0 aliphatic carbocycles. The maximum absolute atomic E-state index is 12.1. The summed E-state index contributed by atoms with van der Waals surface area (Å²) in [5.74, 6) is 1.78. The Kier molecular flexibility index (Phi) is 6.32. The van der Waals surface area contributed by atoms with Crippen molar-refractivity contribution in [1.29, 1.82) is 0 Å². The fraction of sp³-hybridized carbons (Fsp3) is 0.591. The highest BCUT2D eigenvalue weighted by Crippen LogP contribution is 2.41. The van der Waals surface area contributed by atoms with Gasteiger partial charge in [0.1, 0.15) is 5.52 Å². The van der Waals surface area contributed by atoms with E-state index < -0.39 is 0 Å². The van der Waals surface area contributed by atoms with Crippen molar-refractivity contribution in [2.75, 3.05) is 43.4 Å². The molecule has 4 rings (SSSR count). The van der Waals surface area contributed by atoms with Gasteiger partial charge < -0.3 is 20.4 Å². The Hall–Kier alpha value is -2.75. The maximum Gasteiger partial charge on any atom is 0.245 e. The normalized spacial score (nSPS) is 18.1. The molecule has 32 heavy (non-hydrogen) atoms. The summed E-state index contributed by atoms with van der Waals surface area (Å²) in [6.45, 7) is 11.1. The fourth-order valence-corrected chi connectivity index (χ4v) is 5.34. The zero-order valence-corrected chi connectivity index (χ0v) is 19.7. The standard InChI is InChI=1S/C22H31N7O2S/c1-5-17(31)29-11-22(12-29)6-7-28(10-22)21-26-19(18-20(27-21)32-13-24-18)25-15(8-14(2)3)9-16(30)23-4/h5,13-15H,1,6-12H2,2-4H3,(H,23,30)(H,25,26,27). The molecule has 2 amide bonds. The first kappa shape index (κ1) is 22.4. The van der Waals surface area contributed by atoms with Crippen LogP contribution in [0.1, 0.15) is 33.1 Å². The fourth-order valence-electron chi connectivity index (χ4n) is 4.69. The topological polar surface area (TPSA) is 103 Å². The summed E-state index contributed by atoms with van der Waals surface area (Å²) in [4.78, 5) is 42.9. The molecule has 2 N–H and O–H groups in total. The molecule has 2 fully saturated rings. The molecule has 2 aliphatic heterocycles. The zero-order chi connectivity index (χ0) is 22.9. The van der Waals surface area contributed by atoms with E-state index in [4.69, 9.17) is 9.97 Å². The van der Waals surface area contributed by atoms with Crippen molar-refractivity contribution < 1.29 is 9.59 Å². The van der Waals surface area contributed by atoms with Crippen LogP contribution in [0.15, 0.2) is 18.2 Å². The van der Waals surface area contributed by atoms with Gasteiger partial charge in [-0.3, -0.25) is 9.59 Å². The van der Waals surface area contributed by atoms with Crippen LogP contribution in [0.4, 0.5) is 11.8 Å². The van der Waals surface area contributed by atoms with Gasteiger partial charge in [0, 0.05) is 51.1 Å². The first-order valence-corrected chi connectivity index (χ1v) is 11.9. The molecule has 2 aromatic heterocycles. The quantitative estimate of drug-likeness (QED) is 0.586. The number of aromatic nitrogens is 3. The molecule has 2 aromatic rings. The van der Waals surface area contributed by atoms with Gasteiger partial charge in [0.2, 0.25) is 17.8 Å². The number of hydrogen-bond acceptors (Lipinski definition) is 8. The summed E-state index contributed by atoms with van der Waals surface area (Å²) in [7, 11) is 1.66. The molecule has 9 nitrogen and oxygen atoms in total. The number of nitrogens with one attached hydrogen (secondary N) is 2. The number of hydrogen-bond donors (Lipinski definition) is 2. The Balaban J connectivity index is 1.54. The minimum Gasteiger partial charge on any atom is -0.365 e. The predicted octanol–water partition coefficient (Wildman–Crippen LogP) is 2.27. The van der Waals surface area contributed by atoms with E-state index in [2.05, 4.69) is 40.9 Å². The molecular weight excluding hydrogens is 426 g/mol. The Morgan fingerprint density at radius 2 is 2.09 bits per heavy atom. The number of amides is 2. The third-order valence-electron chi connectivity index (χ3n) is 6.25. The lowest BCUT2D eigenvalue weighted by atomic mass is 9.79. The van der Waals surface area contributed by atoms with Crippen LogP contribution in [0.2, 0.25) is 0 Å². The van der Waals surface area contributed by atoms with E-state index in [1.165, 1.54) is 17.4 Å². The third kappa shape index (κ3) is 4.55. The Bertz CT molecular complexity index is 1010. The minimum absolute atomic E-state index is 0.00274. The number of carbonyl (C=O) groups is 2. The summed E-state index contributed by atoms with van der Waals surface area (Å²) in [5.41, 5.74) is 2.63. The van der Waals surface area contributed by atoms with Gasteiger partial charge in [-0.2, -0.15) is 9.97 Å². The average molecular weight is 458 g/mol. The lowest BCUT2D eigenvalue weighted by molar-refractivity contribution is -0.136. The van der Waals surface area contributed by atoms with E-state index in [9.17, 15) is 9.59 Å². The van der Waals surface area contributed by atoms with Crippen molar-refractivity contribution in [1.82, 2.24) is 25.2 Å². The summed E-state index contributed by atoms with van der Waals surface area (Å²) in [6.07, 6.45) is 3.61. The van der Waals surface area contributed by atoms with E-state index in [1.807, 2.05) is 4.90 Å². The van der Waals surface area contributed by atoms with Crippen LogP contribution in [0.3, 0.4) is 0 Å². The molecule has 1 atom stereocenters. The number of rotatable bonds is 8. The molecule has 10 heteroatoms. The summed E-state index contributed by atoms with van der Waals surface area (Å²) in [6, 6.07) is -0.0439. The van der Waals surface area contributed by atoms with Gasteiger partial charge in [0.25, 0.3) is 0 Å². The lowest BCUT2D eigenvalue weighted by Gasteiger charge is -2.47. The van der Waals surface area contributed by atoms with Crippen LogP contribution in [0.25, 0.3) is 10.3 Å². The van der Waals surface area contributed by atoms with E-state index in [-0.39, 0.29) is 23.3 Å². The molecule has 2 aliphatic rings. The molecule has 2 saturated heterocycles. The zero-order valence-electron chi connectivity index (χ0n) is 18.9. The van der Waals surface area contributed by atoms with Gasteiger partial charge >= 0.3 is 0 Å². The maximum atomic E-state index is 12.1. The van der Waals surface area contributed by atoms with Crippen molar-refractivity contribution in [3.8, 4) is 0 Å². The lowest BCUT2D eigenvalue weighted by Crippen LogP contribution is -2.59. The number of nitrogens with zero attached hydrogens (tertiary/aromatic N) is 5. The Morgan fingerprint density at radius 1 is 1.31 bits per heavy atom. The van der Waals surface area contributed by atoms with E-state index in [1.54, 1.807) is 12.6 Å². The first-order valence-electron chi connectivity index (χ1n) is 11.1. The van der Waals surface area contributed by atoms with Crippen molar-refractivity contribution >= 4 is 45.3 Å². The van der Waals surface area contributed by atoms with Crippen LogP contribution in [-0.2, 0) is 9.59 Å². The highest BCUT2D eigenvalue weighted by Gasteiger charge is 2.49. The molecule has 0 saturated carbocycles. The number of thiazole rings is 1. The smallest absolute Gasteiger partial charge is 0.245 e. The Morgan fingerprint density at radius 3 is 2.78 bits per heavy atom. The van der Waals surface area contributed by atoms with E-state index in [0.717, 1.165) is 49.4 Å². The van der Waals surface area contributed by atoms with Crippen LogP contribution >= 0.6 is 11.3 Å². The van der Waals surface area contributed by atoms with Gasteiger partial charge in [-0.1, -0.05) is 20.4 Å². The van der Waals surface area contributed by atoms with Gasteiger partial charge in [0.15, 0.2) is 10.6 Å². The minimum atomic E-state index is -0.0439. The molecule has 0 radical (unpaired) electrons. The SMILES string of the molecule is C=CC(=O)N1CC2(CCN(c3nc(NC(CC(=O)NC)CC(C)C)c4ncsc4n3)C2)C1. The third-order valence-corrected chi connectivity index (χ3v) is 6.97. The van der Waals surface area contributed by atoms with Gasteiger partial charge in [-0.25, -0.2) is 4.98 Å². The van der Waals surface area contributed by atoms with Crippen molar-refractivity contribution in [3.63, 3.8) is 0 Å². The number of likely N-dealkylation sites (tertiary alicyclic amines) is 1. The number of fused-ring (bicyclic) bond motifs is 1. The first-order chi connectivity index (χ1) is 15.3. The van der Waals surface area contributed by atoms with Crippen molar-refractivity contribution in [3.05, 3.63) is 18.2 Å². The van der Waals surface area contributed by atoms with Crippen LogP contribution in [0.5, 0.6) is 0 Å². The van der Waals surface area contributed by atoms with Crippen LogP contribution in [-0.4, -0.2) is 70.9 Å². The van der Waals surface area contributed by atoms with Gasteiger partial charge in [0.05, 0.1) is 5.51 Å². The molecule has 172 valence electrons. The summed E-state index contributed by atoms with van der Waals surface area (Å²) >= 11 is 1.49. The number of anilines is 2. The molecule has 0 bridgehead atoms. The molecule has 1 unspecified atom stereocenters. The molecule has 0 aromatic carbocycles. The van der Waals surface area contributed by atoms with E-state index >= 15 is 0 Å². The predicted molar refractivity (Wildman–Crippen MR) is 127 cm³/mol. The van der Waals surface area contributed by atoms with Crippen molar-refractivity contribution in [2.24, 2.45) is 11.3 Å². The van der Waals surface area contributed by atoms with E-state index in [0.29, 0.717) is 24.1 Å². The average Bonchev–Trinajstić information content (AvgIpc) is 3.38. The molecule has 1 spiro atoms. The molecule has 4 heterocycles. The largest absolute Gasteiger partial charge is 0.365 e. The van der Waals surface area contributed by atoms with Gasteiger partial charge in [-0.05, 0) is 24.8 Å². The molecular formula is C22H31N7O2S. The van der Waals surface area contributed by atoms with Crippen LogP contribution in [0, 0.1) is 11.3 Å². The summed E-state index contributed by atoms with van der Waals surface area (Å²) in [5, 5.41) is 6.20. The highest BCUT2D eigenvalue weighted by molar-refractivity contribution is 7.16. The second-order valence-electron chi connectivity index (χ2n) is 9.30. The van der Waals surface area contributed by atoms with Crippen molar-refractivity contribution in [2.45, 2.75) is 39.2 Å². The second kappa shape index (κ2) is 9.01. The van der Waals surface area contributed by atoms with Gasteiger partial charge in [-0.15, -0.1) is 11.3 Å². The Labute approximate surface area is 192 Å². The number of carbonyl (C=O) groups excluding carboxylic acids is 2. The second-order valence-corrected chi connectivity index (χ2v) is 10.1. The van der Waals surface area contributed by atoms with Crippen LogP contribution < -0.4 is 15.5 Å².